The molecule has 25 heavy (non-hydrogen) atoms. The topological polar surface area (TPSA) is 72.7 Å². The molecule has 2 aromatic heterocycles. The molecule has 0 aliphatic heterocycles. The van der Waals surface area contributed by atoms with Crippen LogP contribution in [0, 0.1) is 5.41 Å². The number of nitrogens with one attached hydrogen (secondary N) is 1. The molecule has 0 spiro atoms. The van der Waals surface area contributed by atoms with Gasteiger partial charge in [-0.1, -0.05) is 13.8 Å². The number of anilines is 1. The molecule has 1 N–H and O–H groups in total. The van der Waals surface area contributed by atoms with Crippen LogP contribution in [0.1, 0.15) is 61.5 Å². The van der Waals surface area contributed by atoms with Crippen LogP contribution in [0.2, 0.25) is 0 Å². The second-order valence-electron chi connectivity index (χ2n) is 8.15. The van der Waals surface area contributed by atoms with E-state index in [0.29, 0.717) is 11.4 Å². The quantitative estimate of drug-likeness (QED) is 0.913. The van der Waals surface area contributed by atoms with Gasteiger partial charge in [-0.2, -0.15) is 5.10 Å². The minimum Gasteiger partial charge on any atom is -0.294 e. The van der Waals surface area contributed by atoms with Crippen LogP contribution in [0.4, 0.5) is 5.95 Å². The third-order valence-electron chi connectivity index (χ3n) is 5.43. The maximum atomic E-state index is 12.8. The highest BCUT2D eigenvalue weighted by Gasteiger charge is 2.30. The van der Waals surface area contributed by atoms with Crippen LogP contribution >= 0.6 is 0 Å². The van der Waals surface area contributed by atoms with Crippen molar-refractivity contribution in [1.29, 1.82) is 0 Å². The second kappa shape index (κ2) is 5.93. The fraction of sp³-hybridized carbons (Fsp3) is 0.579. The van der Waals surface area contributed by atoms with E-state index in [-0.39, 0.29) is 11.8 Å². The molecule has 4 rings (SSSR count). The molecule has 2 aliphatic rings. The van der Waals surface area contributed by atoms with Crippen LogP contribution in [0.25, 0.3) is 0 Å². The van der Waals surface area contributed by atoms with Crippen LogP contribution in [0.3, 0.4) is 0 Å². The Morgan fingerprint density at radius 3 is 3.00 bits per heavy atom. The summed E-state index contributed by atoms with van der Waals surface area (Å²) in [6.45, 7) is 4.56. The summed E-state index contributed by atoms with van der Waals surface area (Å²) in [4.78, 5) is 21.8. The molecule has 0 aromatic carbocycles. The summed E-state index contributed by atoms with van der Waals surface area (Å²) in [5.41, 5.74) is 4.69. The zero-order valence-corrected chi connectivity index (χ0v) is 15.2. The summed E-state index contributed by atoms with van der Waals surface area (Å²) in [7, 11) is 1.90. The summed E-state index contributed by atoms with van der Waals surface area (Å²) in [5.74, 6) is 0.250. The zero-order valence-electron chi connectivity index (χ0n) is 15.2. The van der Waals surface area contributed by atoms with Crippen molar-refractivity contribution in [2.45, 2.75) is 58.3 Å². The van der Waals surface area contributed by atoms with Gasteiger partial charge in [-0.25, -0.2) is 9.97 Å². The Bertz CT molecular complexity index is 823. The van der Waals surface area contributed by atoms with E-state index in [9.17, 15) is 4.79 Å². The number of carbonyl (C=O) groups excluding carboxylic acids is 1. The van der Waals surface area contributed by atoms with E-state index >= 15 is 0 Å². The maximum Gasteiger partial charge on any atom is 0.234 e. The van der Waals surface area contributed by atoms with Gasteiger partial charge < -0.3 is 0 Å². The van der Waals surface area contributed by atoms with Crippen molar-refractivity contribution >= 4 is 11.9 Å². The molecule has 6 heteroatoms. The highest BCUT2D eigenvalue weighted by molar-refractivity contribution is 5.94. The highest BCUT2D eigenvalue weighted by atomic mass is 16.2. The number of rotatable bonds is 2. The summed E-state index contributed by atoms with van der Waals surface area (Å²) in [5, 5.41) is 7.40. The molecule has 132 valence electrons. The van der Waals surface area contributed by atoms with Crippen LogP contribution in [0.15, 0.2) is 12.4 Å². The molecule has 2 heterocycles. The number of hydrogen-bond acceptors (Lipinski definition) is 4. The SMILES string of the molecule is Cn1cc2c(n1)CCCC2C(=O)Nc1ncc2c(n1)CCC(C)(C)C2. The monoisotopic (exact) mass is 339 g/mol. The number of aryl methyl sites for hydroxylation is 3. The van der Waals surface area contributed by atoms with Crippen molar-refractivity contribution in [3.8, 4) is 0 Å². The largest absolute Gasteiger partial charge is 0.294 e. The van der Waals surface area contributed by atoms with E-state index in [1.54, 1.807) is 4.68 Å². The normalized spacial score (nSPS) is 21.3. The predicted molar refractivity (Wildman–Crippen MR) is 95.4 cm³/mol. The van der Waals surface area contributed by atoms with Gasteiger partial charge in [0.2, 0.25) is 11.9 Å². The lowest BCUT2D eigenvalue weighted by molar-refractivity contribution is -0.117. The molecule has 6 nitrogen and oxygen atoms in total. The molecule has 0 radical (unpaired) electrons. The molecule has 0 bridgehead atoms. The first-order valence-corrected chi connectivity index (χ1v) is 9.09. The van der Waals surface area contributed by atoms with Gasteiger partial charge in [0.05, 0.1) is 11.6 Å². The Hall–Kier alpha value is -2.24. The highest BCUT2D eigenvalue weighted by Crippen LogP contribution is 2.34. The van der Waals surface area contributed by atoms with Crippen molar-refractivity contribution in [3.05, 3.63) is 34.9 Å². The Morgan fingerprint density at radius 1 is 1.32 bits per heavy atom. The van der Waals surface area contributed by atoms with Gasteiger partial charge in [0.15, 0.2) is 0 Å². The van der Waals surface area contributed by atoms with E-state index in [1.807, 2.05) is 19.4 Å². The smallest absolute Gasteiger partial charge is 0.234 e. The Morgan fingerprint density at radius 2 is 2.16 bits per heavy atom. The first kappa shape index (κ1) is 16.2. The first-order valence-electron chi connectivity index (χ1n) is 9.09. The summed E-state index contributed by atoms with van der Waals surface area (Å²) in [6, 6.07) is 0. The molecule has 0 saturated heterocycles. The number of aromatic nitrogens is 4. The average molecular weight is 339 g/mol. The molecular weight excluding hydrogens is 314 g/mol. The van der Waals surface area contributed by atoms with Crippen molar-refractivity contribution in [2.75, 3.05) is 5.32 Å². The van der Waals surface area contributed by atoms with Crippen molar-refractivity contribution in [2.24, 2.45) is 12.5 Å². The minimum absolute atomic E-state index is 0.0231. The van der Waals surface area contributed by atoms with Crippen LogP contribution in [0.5, 0.6) is 0 Å². The van der Waals surface area contributed by atoms with Gasteiger partial charge in [-0.3, -0.25) is 14.8 Å². The summed E-state index contributed by atoms with van der Waals surface area (Å²) in [6.07, 6.45) is 9.70. The van der Waals surface area contributed by atoms with Gasteiger partial charge in [-0.15, -0.1) is 0 Å². The van der Waals surface area contributed by atoms with Gasteiger partial charge in [-0.05, 0) is 49.5 Å². The van der Waals surface area contributed by atoms with Crippen molar-refractivity contribution < 1.29 is 4.79 Å². The lowest BCUT2D eigenvalue weighted by atomic mass is 9.76. The Labute approximate surface area is 148 Å². The van der Waals surface area contributed by atoms with Gasteiger partial charge in [0.25, 0.3) is 0 Å². The van der Waals surface area contributed by atoms with Gasteiger partial charge >= 0.3 is 0 Å². The summed E-state index contributed by atoms with van der Waals surface area (Å²) < 4.78 is 1.80. The standard InChI is InChI=1S/C19H25N5O/c1-19(2)8-7-15-12(9-19)10-20-18(21-15)22-17(25)13-5-4-6-16-14(13)11-24(3)23-16/h10-11,13H,4-9H2,1-3H3,(H,20,21,22,25). The van der Waals surface area contributed by atoms with Crippen LogP contribution in [-0.2, 0) is 31.1 Å². The fourth-order valence-corrected chi connectivity index (χ4v) is 4.06. The number of carbonyl (C=O) groups is 1. The first-order chi connectivity index (χ1) is 11.9. The predicted octanol–water partition coefficient (Wildman–Crippen LogP) is 2.78. The van der Waals surface area contributed by atoms with Gasteiger partial charge in [0, 0.05) is 30.7 Å². The molecule has 2 aliphatic carbocycles. The Balaban J connectivity index is 1.52. The van der Waals surface area contributed by atoms with Crippen LogP contribution in [-0.4, -0.2) is 25.7 Å². The third kappa shape index (κ3) is 3.17. The molecule has 1 amide bonds. The molecular formula is C19H25N5O. The number of fused-ring (bicyclic) bond motifs is 2. The summed E-state index contributed by atoms with van der Waals surface area (Å²) >= 11 is 0. The molecule has 0 fully saturated rings. The van der Waals surface area contributed by atoms with E-state index in [4.69, 9.17) is 0 Å². The number of hydrogen-bond donors (Lipinski definition) is 1. The van der Waals surface area contributed by atoms with Crippen molar-refractivity contribution in [3.63, 3.8) is 0 Å². The van der Waals surface area contributed by atoms with E-state index in [0.717, 1.165) is 55.5 Å². The van der Waals surface area contributed by atoms with E-state index < -0.39 is 0 Å². The van der Waals surface area contributed by atoms with Crippen molar-refractivity contribution in [1.82, 2.24) is 19.7 Å². The third-order valence-corrected chi connectivity index (χ3v) is 5.43. The van der Waals surface area contributed by atoms with Crippen LogP contribution < -0.4 is 5.32 Å². The lowest BCUT2D eigenvalue weighted by Gasteiger charge is -2.30. The zero-order chi connectivity index (χ0) is 17.6. The molecule has 1 atom stereocenters. The average Bonchev–Trinajstić information content (AvgIpc) is 2.94. The molecule has 2 aromatic rings. The lowest BCUT2D eigenvalue weighted by Crippen LogP contribution is -2.27. The van der Waals surface area contributed by atoms with E-state index in [1.165, 1.54) is 5.56 Å². The second-order valence-corrected chi connectivity index (χ2v) is 8.15. The maximum absolute atomic E-state index is 12.8. The number of nitrogens with zero attached hydrogens (tertiary/aromatic N) is 4. The molecule has 0 saturated carbocycles. The van der Waals surface area contributed by atoms with Gasteiger partial charge in [0.1, 0.15) is 0 Å². The minimum atomic E-state index is -0.156. The van der Waals surface area contributed by atoms with E-state index in [2.05, 4.69) is 34.2 Å². The molecule has 1 unspecified atom stereocenters. The number of amides is 1. The Kier molecular flexibility index (Phi) is 3.85. The fourth-order valence-electron chi connectivity index (χ4n) is 4.06.